The van der Waals surface area contributed by atoms with Crippen molar-refractivity contribution in [2.24, 2.45) is 16.5 Å². The van der Waals surface area contributed by atoms with Crippen LogP contribution in [0.3, 0.4) is 0 Å². The van der Waals surface area contributed by atoms with Crippen LogP contribution in [0.1, 0.15) is 35.4 Å². The summed E-state index contributed by atoms with van der Waals surface area (Å²) in [6.45, 7) is 0.588. The van der Waals surface area contributed by atoms with Gasteiger partial charge in [0, 0.05) is 22.0 Å². The van der Waals surface area contributed by atoms with Gasteiger partial charge in [0.2, 0.25) is 11.8 Å². The van der Waals surface area contributed by atoms with Crippen LogP contribution in [-0.2, 0) is 16.1 Å². The molecule has 0 aliphatic heterocycles. The lowest BCUT2D eigenvalue weighted by atomic mass is 9.90. The Morgan fingerprint density at radius 3 is 1.89 bits per heavy atom. The molecule has 0 aliphatic rings. The highest BCUT2D eigenvalue weighted by molar-refractivity contribution is 9.10. The van der Waals surface area contributed by atoms with Gasteiger partial charge in [0.25, 0.3) is 0 Å². The summed E-state index contributed by atoms with van der Waals surface area (Å²) in [6.07, 6.45) is 0.841. The van der Waals surface area contributed by atoms with E-state index in [1.807, 2.05) is 48.5 Å². The van der Waals surface area contributed by atoms with E-state index in [-0.39, 0.29) is 30.1 Å². The van der Waals surface area contributed by atoms with Crippen molar-refractivity contribution in [3.8, 4) is 5.75 Å². The van der Waals surface area contributed by atoms with Crippen molar-refractivity contribution in [1.29, 1.82) is 0 Å². The fourth-order valence-electron chi connectivity index (χ4n) is 3.76. The van der Waals surface area contributed by atoms with Crippen LogP contribution < -0.4 is 22.1 Å². The number of nitrogens with one attached hydrogen (secondary N) is 2. The number of hydrogen-bond acceptors (Lipinski definition) is 4. The van der Waals surface area contributed by atoms with E-state index in [1.54, 1.807) is 24.3 Å². The lowest BCUT2D eigenvalue weighted by Gasteiger charge is -2.23. The van der Waals surface area contributed by atoms with Crippen LogP contribution in [-0.4, -0.2) is 35.5 Å². The number of nitrogens with zero attached hydrogens (tertiary/aromatic N) is 1. The van der Waals surface area contributed by atoms with Crippen LogP contribution in [0.2, 0.25) is 0 Å². The van der Waals surface area contributed by atoms with Crippen molar-refractivity contribution in [1.82, 2.24) is 10.6 Å². The van der Waals surface area contributed by atoms with Crippen LogP contribution >= 0.6 is 31.9 Å². The molecule has 194 valence electrons. The molecule has 8 nitrogen and oxygen atoms in total. The zero-order valence-electron chi connectivity index (χ0n) is 20.0. The van der Waals surface area contributed by atoms with Crippen LogP contribution in [0.15, 0.2) is 86.7 Å². The van der Waals surface area contributed by atoms with E-state index in [2.05, 4.69) is 47.5 Å². The number of aliphatic imine (C=N–C) groups is 1. The normalized spacial score (nSPS) is 11.5. The first-order chi connectivity index (χ1) is 17.7. The Morgan fingerprint density at radius 2 is 1.38 bits per heavy atom. The van der Waals surface area contributed by atoms with Crippen molar-refractivity contribution in [2.45, 2.75) is 31.3 Å². The first kappa shape index (κ1) is 28.2. The smallest absolute Gasteiger partial charge is 0.242 e. The molecule has 0 aromatic heterocycles. The molecule has 1 atom stereocenters. The summed E-state index contributed by atoms with van der Waals surface area (Å²) in [7, 11) is 0. The Balaban J connectivity index is 1.81. The molecule has 10 heteroatoms. The van der Waals surface area contributed by atoms with E-state index in [0.29, 0.717) is 19.4 Å². The van der Waals surface area contributed by atoms with Gasteiger partial charge in [0.15, 0.2) is 5.96 Å². The third kappa shape index (κ3) is 8.91. The second kappa shape index (κ2) is 13.8. The molecule has 0 radical (unpaired) electrons. The van der Waals surface area contributed by atoms with E-state index in [4.69, 9.17) is 11.5 Å². The Kier molecular flexibility index (Phi) is 10.5. The maximum absolute atomic E-state index is 13.7. The lowest BCUT2D eigenvalue weighted by Crippen LogP contribution is -2.48. The standard InChI is InChI=1S/C27H29Br2N5O3/c28-20-9-5-18(6-10-20)24(19-7-11-21(29)12-8-19)26(37)34-23(2-1-15-32-27(30)31)25(36)33-16-17-3-13-22(35)14-4-17/h3-14,23-24,35H,1-2,15-16H2,(H,33,36)(H,34,37)(H4,30,31,32)/t23-/m1/s1. The van der Waals surface area contributed by atoms with Gasteiger partial charge in [-0.15, -0.1) is 0 Å². The average molecular weight is 631 g/mol. The highest BCUT2D eigenvalue weighted by atomic mass is 79.9. The fraction of sp³-hybridized carbons (Fsp3) is 0.222. The monoisotopic (exact) mass is 629 g/mol. The van der Waals surface area contributed by atoms with E-state index >= 15 is 0 Å². The maximum atomic E-state index is 13.7. The number of guanidine groups is 1. The number of nitrogens with two attached hydrogens (primary N) is 2. The molecule has 0 fully saturated rings. The van der Waals surface area contributed by atoms with Crippen LogP contribution in [0.5, 0.6) is 5.75 Å². The second-order valence-electron chi connectivity index (χ2n) is 8.43. The molecule has 3 aromatic carbocycles. The minimum Gasteiger partial charge on any atom is -0.508 e. The Labute approximate surface area is 232 Å². The SMILES string of the molecule is NC(N)=NCCC[C@@H](NC(=O)C(c1ccc(Br)cc1)c1ccc(Br)cc1)C(=O)NCc1ccc(O)cc1. The number of hydrogen-bond donors (Lipinski definition) is 5. The van der Waals surface area contributed by atoms with Gasteiger partial charge < -0.3 is 27.2 Å². The highest BCUT2D eigenvalue weighted by Crippen LogP contribution is 2.28. The third-order valence-electron chi connectivity index (χ3n) is 5.65. The van der Waals surface area contributed by atoms with Gasteiger partial charge in [-0.25, -0.2) is 0 Å². The lowest BCUT2D eigenvalue weighted by molar-refractivity contribution is -0.129. The molecule has 0 heterocycles. The summed E-state index contributed by atoms with van der Waals surface area (Å²) in [5, 5.41) is 15.3. The predicted molar refractivity (Wildman–Crippen MR) is 152 cm³/mol. The maximum Gasteiger partial charge on any atom is 0.242 e. The number of carbonyl (C=O) groups is 2. The summed E-state index contributed by atoms with van der Waals surface area (Å²) in [5.74, 6) is -1.12. The Hall–Kier alpha value is -3.37. The van der Waals surface area contributed by atoms with Crippen molar-refractivity contribution < 1.29 is 14.7 Å². The number of carbonyl (C=O) groups excluding carboxylic acids is 2. The van der Waals surface area contributed by atoms with Crippen molar-refractivity contribution in [3.05, 3.63) is 98.4 Å². The molecule has 0 aliphatic carbocycles. The number of halogens is 2. The van der Waals surface area contributed by atoms with Gasteiger partial charge in [0.05, 0.1) is 5.92 Å². The molecule has 0 bridgehead atoms. The number of phenols is 1. The van der Waals surface area contributed by atoms with Gasteiger partial charge in [-0.05, 0) is 65.9 Å². The van der Waals surface area contributed by atoms with Gasteiger partial charge in [-0.1, -0.05) is 68.3 Å². The topological polar surface area (TPSA) is 143 Å². The minimum atomic E-state index is -0.799. The van der Waals surface area contributed by atoms with Crippen LogP contribution in [0.4, 0.5) is 0 Å². The number of phenolic OH excluding ortho intramolecular Hbond substituents is 1. The summed E-state index contributed by atoms with van der Waals surface area (Å²) < 4.78 is 1.80. The van der Waals surface area contributed by atoms with Gasteiger partial charge in [-0.3, -0.25) is 14.6 Å². The number of amides is 2. The van der Waals surface area contributed by atoms with Crippen LogP contribution in [0, 0.1) is 0 Å². The van der Waals surface area contributed by atoms with Crippen molar-refractivity contribution in [2.75, 3.05) is 6.54 Å². The molecule has 37 heavy (non-hydrogen) atoms. The zero-order chi connectivity index (χ0) is 26.8. The minimum absolute atomic E-state index is 0.0251. The van der Waals surface area contributed by atoms with Crippen molar-refractivity contribution >= 4 is 49.6 Å². The van der Waals surface area contributed by atoms with Gasteiger partial charge >= 0.3 is 0 Å². The largest absolute Gasteiger partial charge is 0.508 e. The molecular weight excluding hydrogens is 602 g/mol. The second-order valence-corrected chi connectivity index (χ2v) is 10.3. The number of benzene rings is 3. The molecule has 2 amide bonds. The molecule has 7 N–H and O–H groups in total. The predicted octanol–water partition coefficient (Wildman–Crippen LogP) is 3.90. The van der Waals surface area contributed by atoms with E-state index in [9.17, 15) is 14.7 Å². The Morgan fingerprint density at radius 1 is 0.838 bits per heavy atom. The Bertz CT molecular complexity index is 1170. The zero-order valence-corrected chi connectivity index (χ0v) is 23.2. The molecular formula is C27H29Br2N5O3. The summed E-state index contributed by atoms with van der Waals surface area (Å²) >= 11 is 6.88. The number of aromatic hydroxyl groups is 1. The summed E-state index contributed by atoms with van der Waals surface area (Å²) in [4.78, 5) is 30.8. The fourth-order valence-corrected chi connectivity index (χ4v) is 4.29. The quantitative estimate of drug-likeness (QED) is 0.124. The third-order valence-corrected chi connectivity index (χ3v) is 6.71. The average Bonchev–Trinajstić information content (AvgIpc) is 2.87. The number of rotatable bonds is 11. The molecule has 0 unspecified atom stereocenters. The summed E-state index contributed by atoms with van der Waals surface area (Å²) in [6, 6.07) is 20.8. The first-order valence-electron chi connectivity index (χ1n) is 11.6. The molecule has 0 spiro atoms. The van der Waals surface area contributed by atoms with E-state index in [1.165, 1.54) is 0 Å². The van der Waals surface area contributed by atoms with Crippen molar-refractivity contribution in [3.63, 3.8) is 0 Å². The van der Waals surface area contributed by atoms with E-state index < -0.39 is 12.0 Å². The molecule has 0 saturated heterocycles. The molecule has 0 saturated carbocycles. The first-order valence-corrected chi connectivity index (χ1v) is 13.2. The van der Waals surface area contributed by atoms with Gasteiger partial charge in [-0.2, -0.15) is 0 Å². The highest BCUT2D eigenvalue weighted by Gasteiger charge is 2.28. The van der Waals surface area contributed by atoms with Crippen LogP contribution in [0.25, 0.3) is 0 Å². The van der Waals surface area contributed by atoms with Gasteiger partial charge in [0.1, 0.15) is 11.8 Å². The molecule has 3 aromatic rings. The summed E-state index contributed by atoms with van der Waals surface area (Å²) in [5.41, 5.74) is 13.2. The molecule has 3 rings (SSSR count). The van der Waals surface area contributed by atoms with E-state index in [0.717, 1.165) is 25.6 Å².